The summed E-state index contributed by atoms with van der Waals surface area (Å²) in [7, 11) is 0. The Morgan fingerprint density at radius 1 is 0.517 bits per heavy atom. The maximum absolute atomic E-state index is 2.44. The summed E-state index contributed by atoms with van der Waals surface area (Å²) in [5.74, 6) is 1.81. The zero-order valence-electron chi connectivity index (χ0n) is 34.3. The average Bonchev–Trinajstić information content (AvgIpc) is 4.06. The van der Waals surface area contributed by atoms with Crippen LogP contribution in [0.4, 0.5) is 0 Å². The first kappa shape index (κ1) is 44.3. The first-order chi connectivity index (χ1) is 27.5. The second-order valence-electron chi connectivity index (χ2n) is 16.7. The molecule has 0 radical (unpaired) electrons. The molecule has 0 atom stereocenters. The molecule has 4 heteroatoms. The van der Waals surface area contributed by atoms with Gasteiger partial charge in [0, 0.05) is 0 Å². The standard InChI is InChI=1S/2C25H23.C4H10Si.2ClH.Zr/c2*1-2-7-18(6-1)14-19-15-22-10-5-11-24(25(22)16-19)23-13-12-20-8-3-4-9-21(20)17-23;1-3-4-5-2;;;/h2*3-5,8-13,15-18H,1-2,6-7,14H2;3-4H2,1-2H3;2*1H;/q2*-1;;;;+2/p-2. The van der Waals surface area contributed by atoms with Crippen molar-refractivity contribution in [1.82, 2.24) is 0 Å². The van der Waals surface area contributed by atoms with Crippen LogP contribution in [0.2, 0.25) is 12.6 Å². The molecule has 2 aliphatic carbocycles. The molecular formula is C54H56Cl2SiZr-2. The van der Waals surface area contributed by atoms with E-state index in [1.54, 1.807) is 23.3 Å². The van der Waals surface area contributed by atoms with Gasteiger partial charge in [-0.3, -0.25) is 0 Å². The first-order valence-corrected chi connectivity index (χ1v) is 27.3. The minimum absolute atomic E-state index is 0. The fraction of sp³-hybridized carbons (Fsp3) is 0.296. The largest absolute Gasteiger partial charge is 1.00 e. The van der Waals surface area contributed by atoms with E-state index in [0.717, 1.165) is 11.8 Å². The summed E-state index contributed by atoms with van der Waals surface area (Å²) in [6.45, 7) is 4.66. The van der Waals surface area contributed by atoms with Crippen molar-refractivity contribution >= 4 is 48.5 Å². The zero-order chi connectivity index (χ0) is 38.3. The molecule has 0 saturated heterocycles. The fourth-order valence-electron chi connectivity index (χ4n) is 9.52. The molecule has 0 N–H and O–H groups in total. The van der Waals surface area contributed by atoms with E-state index in [2.05, 4.69) is 159 Å². The molecule has 10 rings (SSSR count). The third-order valence-electron chi connectivity index (χ3n) is 12.4. The van der Waals surface area contributed by atoms with Gasteiger partial charge >= 0.3 is 54.7 Å². The molecule has 8 aromatic rings. The first-order valence-electron chi connectivity index (χ1n) is 21.4. The third kappa shape index (κ3) is 10.9. The summed E-state index contributed by atoms with van der Waals surface area (Å²) in [5, 5.41) is 10.8. The Labute approximate surface area is 374 Å². The minimum Gasteiger partial charge on any atom is -1.00 e. The quantitative estimate of drug-likeness (QED) is 0.105. The number of halogens is 2. The van der Waals surface area contributed by atoms with Crippen LogP contribution in [0, 0.1) is 11.8 Å². The molecule has 0 amide bonds. The van der Waals surface area contributed by atoms with Gasteiger partial charge in [-0.05, 0) is 69.5 Å². The van der Waals surface area contributed by atoms with Crippen molar-refractivity contribution in [2.75, 3.05) is 0 Å². The molecule has 8 aromatic carbocycles. The molecule has 0 unspecified atom stereocenters. The van der Waals surface area contributed by atoms with Gasteiger partial charge in [-0.15, -0.1) is 69.1 Å². The molecule has 296 valence electrons. The van der Waals surface area contributed by atoms with Gasteiger partial charge in [0.1, 0.15) is 0 Å². The van der Waals surface area contributed by atoms with Gasteiger partial charge in [-0.1, -0.05) is 147 Å². The van der Waals surface area contributed by atoms with Gasteiger partial charge in [-0.2, -0.15) is 12.1 Å². The van der Waals surface area contributed by atoms with Crippen LogP contribution in [0.1, 0.15) is 75.8 Å². The van der Waals surface area contributed by atoms with Crippen LogP contribution in [-0.4, -0.2) is 5.43 Å². The minimum atomic E-state index is 0. The number of rotatable bonds is 8. The number of benzene rings is 6. The van der Waals surface area contributed by atoms with Gasteiger partial charge in [0.15, 0.2) is 0 Å². The number of hydrogen-bond acceptors (Lipinski definition) is 0. The van der Waals surface area contributed by atoms with Gasteiger partial charge in [0.25, 0.3) is 0 Å². The third-order valence-corrected chi connectivity index (χ3v) is 15.5. The normalized spacial score (nSPS) is 14.1. The topological polar surface area (TPSA) is 0 Å². The molecule has 0 spiro atoms. The van der Waals surface area contributed by atoms with E-state index in [9.17, 15) is 0 Å². The van der Waals surface area contributed by atoms with Crippen LogP contribution in [0.5, 0.6) is 0 Å². The summed E-state index contributed by atoms with van der Waals surface area (Å²) in [6.07, 6.45) is 15.3. The second kappa shape index (κ2) is 21.3. The van der Waals surface area contributed by atoms with Crippen molar-refractivity contribution in [2.45, 2.75) is 90.1 Å². The Kier molecular flexibility index (Phi) is 16.3. The van der Waals surface area contributed by atoms with Gasteiger partial charge in [0.2, 0.25) is 0 Å². The summed E-state index contributed by atoms with van der Waals surface area (Å²) in [4.78, 5) is 0. The molecule has 0 bridgehead atoms. The van der Waals surface area contributed by atoms with E-state index in [1.165, 1.54) is 153 Å². The van der Waals surface area contributed by atoms with Crippen LogP contribution in [0.3, 0.4) is 0 Å². The molecular weight excluding hydrogens is 839 g/mol. The molecule has 0 heterocycles. The van der Waals surface area contributed by atoms with Crippen molar-refractivity contribution in [2.24, 2.45) is 11.8 Å². The Morgan fingerprint density at radius 2 is 0.931 bits per heavy atom. The molecule has 0 aromatic heterocycles. The molecule has 0 aliphatic heterocycles. The Balaban J connectivity index is 0.000000167. The van der Waals surface area contributed by atoms with Crippen molar-refractivity contribution in [3.05, 3.63) is 157 Å². The van der Waals surface area contributed by atoms with E-state index >= 15 is 0 Å². The maximum Gasteiger partial charge on any atom is -0.0178 e. The van der Waals surface area contributed by atoms with E-state index < -0.39 is 0 Å². The summed E-state index contributed by atoms with van der Waals surface area (Å²) >= 11 is 1.79. The molecule has 2 aliphatic rings. The summed E-state index contributed by atoms with van der Waals surface area (Å²) < 4.78 is 0. The Hall–Kier alpha value is -3.26. The monoisotopic (exact) mass is 892 g/mol. The van der Waals surface area contributed by atoms with Crippen molar-refractivity contribution in [3.63, 3.8) is 0 Å². The van der Waals surface area contributed by atoms with Crippen LogP contribution in [0.25, 0.3) is 65.3 Å². The maximum atomic E-state index is 2.44. The average molecular weight is 895 g/mol. The smallest absolute Gasteiger partial charge is 0.0178 e. The predicted molar refractivity (Wildman–Crippen MR) is 243 cm³/mol. The van der Waals surface area contributed by atoms with Gasteiger partial charge in [0.05, 0.1) is 0 Å². The SMILES string of the molecule is CCC[Si](C)=[Zr+2].[Cl-].[Cl-].c1ccc2cc(-c3cccc4[cH-]c(CC5CCCC5)cc34)ccc2c1.c1ccc2cc(-c3cccc4[cH-]c(CC5CCCC5)cc34)ccc2c1. The number of hydrogen-bond donors (Lipinski definition) is 0. The van der Waals surface area contributed by atoms with E-state index in [4.69, 9.17) is 0 Å². The predicted octanol–water partition coefficient (Wildman–Crippen LogP) is 9.80. The Morgan fingerprint density at radius 3 is 1.31 bits per heavy atom. The van der Waals surface area contributed by atoms with Gasteiger partial charge < -0.3 is 24.8 Å². The fourth-order valence-corrected chi connectivity index (χ4v) is 12.1. The van der Waals surface area contributed by atoms with E-state index in [0.29, 0.717) is 0 Å². The summed E-state index contributed by atoms with van der Waals surface area (Å²) in [5.41, 5.74) is 8.62. The van der Waals surface area contributed by atoms with Crippen LogP contribution in [-0.2, 0) is 36.2 Å². The zero-order valence-corrected chi connectivity index (χ0v) is 39.2. The Bertz CT molecular complexity index is 2390. The molecule has 0 nitrogen and oxygen atoms in total. The van der Waals surface area contributed by atoms with Crippen molar-refractivity contribution < 1.29 is 48.1 Å². The molecule has 2 fully saturated rings. The van der Waals surface area contributed by atoms with Crippen molar-refractivity contribution in [3.8, 4) is 22.3 Å². The summed E-state index contributed by atoms with van der Waals surface area (Å²) in [6, 6.07) is 55.6. The second-order valence-corrected chi connectivity index (χ2v) is 25.1. The van der Waals surface area contributed by atoms with Crippen molar-refractivity contribution in [1.29, 1.82) is 0 Å². The van der Waals surface area contributed by atoms with E-state index in [-0.39, 0.29) is 30.2 Å². The molecule has 2 saturated carbocycles. The van der Waals surface area contributed by atoms with Crippen LogP contribution >= 0.6 is 0 Å². The van der Waals surface area contributed by atoms with Crippen LogP contribution < -0.4 is 24.8 Å². The van der Waals surface area contributed by atoms with E-state index in [1.807, 2.05) is 0 Å². The molecule has 58 heavy (non-hydrogen) atoms. The van der Waals surface area contributed by atoms with Gasteiger partial charge in [-0.25, -0.2) is 0 Å². The number of fused-ring (bicyclic) bond motifs is 4. The van der Waals surface area contributed by atoms with Crippen LogP contribution in [0.15, 0.2) is 146 Å².